The molecule has 0 saturated heterocycles. The molecule has 4 heteroatoms. The van der Waals surface area contributed by atoms with Crippen LogP contribution in [-0.4, -0.2) is 16.8 Å². The Hall–Kier alpha value is -0.960. The van der Waals surface area contributed by atoms with Crippen LogP contribution in [0.15, 0.2) is 12.2 Å². The van der Waals surface area contributed by atoms with Crippen LogP contribution in [0.5, 0.6) is 0 Å². The molecule has 0 unspecified atom stereocenters. The summed E-state index contributed by atoms with van der Waals surface area (Å²) in [6, 6.07) is 0. The first-order valence-electron chi connectivity index (χ1n) is 6.13. The Labute approximate surface area is 114 Å². The maximum absolute atomic E-state index is 11.8. The van der Waals surface area contributed by atoms with Crippen molar-refractivity contribution in [1.29, 1.82) is 0 Å². The first kappa shape index (κ1) is 17.0. The molecule has 0 spiro atoms. The molecular weight excluding hydrogens is 252 g/mol. The summed E-state index contributed by atoms with van der Waals surface area (Å²) in [5, 5.41) is -0.677. The summed E-state index contributed by atoms with van der Waals surface area (Å²) < 4.78 is 0. The van der Waals surface area contributed by atoms with Gasteiger partial charge >= 0.3 is 0 Å². The zero-order valence-corrected chi connectivity index (χ0v) is 12.3. The van der Waals surface area contributed by atoms with Crippen LogP contribution in [0.1, 0.15) is 34.6 Å². The second-order valence-corrected chi connectivity index (χ2v) is 5.57. The molecule has 0 radical (unpaired) electrons. The predicted molar refractivity (Wildman–Crippen MR) is 72.3 cm³/mol. The van der Waals surface area contributed by atoms with Crippen molar-refractivity contribution in [2.24, 2.45) is 23.7 Å². The topological polar surface area (TPSA) is 51.2 Å². The Morgan fingerprint density at radius 2 is 1.28 bits per heavy atom. The van der Waals surface area contributed by atoms with Crippen LogP contribution in [0.25, 0.3) is 0 Å². The minimum Gasteiger partial charge on any atom is -0.295 e. The van der Waals surface area contributed by atoms with E-state index in [1.165, 1.54) is 12.2 Å². The second-order valence-electron chi connectivity index (χ2n) is 5.20. The third kappa shape index (κ3) is 5.13. The Kier molecular flexibility index (Phi) is 7.07. The molecule has 0 aliphatic carbocycles. The second kappa shape index (κ2) is 7.47. The molecule has 0 aromatic heterocycles. The van der Waals surface area contributed by atoms with E-state index in [-0.39, 0.29) is 23.5 Å². The minimum atomic E-state index is -0.870. The van der Waals surface area contributed by atoms with Gasteiger partial charge in [0.15, 0.2) is 11.6 Å². The highest BCUT2D eigenvalue weighted by molar-refractivity contribution is 6.65. The summed E-state index contributed by atoms with van der Waals surface area (Å²) in [6.45, 7) is 9.19. The number of allylic oxidation sites excluding steroid dienone is 2. The zero-order valence-electron chi connectivity index (χ0n) is 11.6. The van der Waals surface area contributed by atoms with Crippen LogP contribution in [0.3, 0.4) is 0 Å². The summed E-state index contributed by atoms with van der Waals surface area (Å²) >= 11 is 5.38. The number of ketones is 2. The highest BCUT2D eigenvalue weighted by atomic mass is 35.5. The largest absolute Gasteiger partial charge is 0.295 e. The highest BCUT2D eigenvalue weighted by Gasteiger charge is 2.26. The SMILES string of the molecule is CC(C)[C@H](C(=O)Cl)C(=O)/C=C/C(=O)[C@@H](C)C(C)C. The molecule has 0 aliphatic heterocycles. The van der Waals surface area contributed by atoms with Gasteiger partial charge in [0.25, 0.3) is 0 Å². The predicted octanol–water partition coefficient (Wildman–Crippen LogP) is 3.01. The summed E-state index contributed by atoms with van der Waals surface area (Å²) in [5.41, 5.74) is 0. The zero-order chi connectivity index (χ0) is 14.5. The van der Waals surface area contributed by atoms with E-state index in [2.05, 4.69) is 0 Å². The number of hydrogen-bond donors (Lipinski definition) is 0. The van der Waals surface area contributed by atoms with Gasteiger partial charge in [0.2, 0.25) is 5.24 Å². The molecule has 3 nitrogen and oxygen atoms in total. The van der Waals surface area contributed by atoms with Crippen molar-refractivity contribution in [3.05, 3.63) is 12.2 Å². The Bertz CT molecular complexity index is 356. The van der Waals surface area contributed by atoms with Gasteiger partial charge in [-0.3, -0.25) is 14.4 Å². The van der Waals surface area contributed by atoms with Crippen molar-refractivity contribution >= 4 is 28.4 Å². The van der Waals surface area contributed by atoms with E-state index >= 15 is 0 Å². The van der Waals surface area contributed by atoms with Crippen LogP contribution in [0, 0.1) is 23.7 Å². The average Bonchev–Trinajstić information content (AvgIpc) is 2.23. The van der Waals surface area contributed by atoms with Crippen LogP contribution >= 0.6 is 11.6 Å². The molecule has 0 aromatic rings. The van der Waals surface area contributed by atoms with Gasteiger partial charge in [0.1, 0.15) is 0 Å². The number of rotatable bonds is 7. The van der Waals surface area contributed by atoms with Crippen LogP contribution in [-0.2, 0) is 14.4 Å². The molecule has 102 valence electrons. The summed E-state index contributed by atoms with van der Waals surface area (Å²) in [7, 11) is 0. The average molecular weight is 273 g/mol. The van der Waals surface area contributed by atoms with Gasteiger partial charge in [-0.15, -0.1) is 0 Å². The van der Waals surface area contributed by atoms with Crippen LogP contribution in [0.4, 0.5) is 0 Å². The fourth-order valence-corrected chi connectivity index (χ4v) is 1.81. The van der Waals surface area contributed by atoms with E-state index in [1.807, 2.05) is 20.8 Å². The van der Waals surface area contributed by atoms with E-state index in [4.69, 9.17) is 11.6 Å². The smallest absolute Gasteiger partial charge is 0.232 e. The summed E-state index contributed by atoms with van der Waals surface area (Å²) in [6.07, 6.45) is 2.42. The Balaban J connectivity index is 4.74. The standard InChI is InChI=1S/C14H21ClO3/c1-8(2)10(5)11(16)6-7-12(17)13(9(3)4)14(15)18/h6-10,13H,1-5H3/b7-6+/t10-,13-/m0/s1. The van der Waals surface area contributed by atoms with Crippen molar-refractivity contribution in [1.82, 2.24) is 0 Å². The molecule has 0 N–H and O–H groups in total. The molecule has 2 atom stereocenters. The van der Waals surface area contributed by atoms with E-state index in [0.717, 1.165) is 0 Å². The Morgan fingerprint density at radius 1 is 0.833 bits per heavy atom. The van der Waals surface area contributed by atoms with Crippen molar-refractivity contribution in [2.75, 3.05) is 0 Å². The lowest BCUT2D eigenvalue weighted by molar-refractivity contribution is -0.127. The third-order valence-electron chi connectivity index (χ3n) is 3.08. The molecule has 0 rings (SSSR count). The van der Waals surface area contributed by atoms with Crippen molar-refractivity contribution in [2.45, 2.75) is 34.6 Å². The third-order valence-corrected chi connectivity index (χ3v) is 3.31. The number of carbonyl (C=O) groups excluding carboxylic acids is 3. The monoisotopic (exact) mass is 272 g/mol. The number of halogens is 1. The first-order chi connectivity index (χ1) is 8.18. The van der Waals surface area contributed by atoms with Gasteiger partial charge in [-0.1, -0.05) is 34.6 Å². The van der Waals surface area contributed by atoms with Crippen LogP contribution in [0.2, 0.25) is 0 Å². The van der Waals surface area contributed by atoms with Gasteiger partial charge in [-0.05, 0) is 35.6 Å². The quantitative estimate of drug-likeness (QED) is 0.407. The maximum Gasteiger partial charge on any atom is 0.232 e. The highest BCUT2D eigenvalue weighted by Crippen LogP contribution is 2.17. The summed E-state index contributed by atoms with van der Waals surface area (Å²) in [4.78, 5) is 34.6. The Morgan fingerprint density at radius 3 is 1.61 bits per heavy atom. The number of carbonyl (C=O) groups is 3. The maximum atomic E-state index is 11.8. The molecule has 0 fully saturated rings. The van der Waals surface area contributed by atoms with Gasteiger partial charge in [0.05, 0.1) is 5.92 Å². The number of hydrogen-bond acceptors (Lipinski definition) is 3. The lowest BCUT2D eigenvalue weighted by atomic mass is 9.90. The first-order valence-corrected chi connectivity index (χ1v) is 6.51. The molecule has 0 aromatic carbocycles. The van der Waals surface area contributed by atoms with Gasteiger partial charge < -0.3 is 0 Å². The molecule has 0 heterocycles. The van der Waals surface area contributed by atoms with Crippen molar-refractivity contribution in [3.63, 3.8) is 0 Å². The van der Waals surface area contributed by atoms with E-state index in [1.54, 1.807) is 13.8 Å². The van der Waals surface area contributed by atoms with Crippen molar-refractivity contribution < 1.29 is 14.4 Å². The molecule has 0 amide bonds. The van der Waals surface area contributed by atoms with Gasteiger partial charge in [-0.25, -0.2) is 0 Å². The van der Waals surface area contributed by atoms with Gasteiger partial charge in [-0.2, -0.15) is 0 Å². The summed E-state index contributed by atoms with van der Waals surface area (Å²) in [5.74, 6) is -1.49. The molecule has 0 aliphatic rings. The lowest BCUT2D eigenvalue weighted by Crippen LogP contribution is -2.24. The molecule has 0 saturated carbocycles. The fraction of sp³-hybridized carbons (Fsp3) is 0.643. The van der Waals surface area contributed by atoms with Gasteiger partial charge in [0, 0.05) is 5.92 Å². The minimum absolute atomic E-state index is 0.108. The molecule has 0 bridgehead atoms. The van der Waals surface area contributed by atoms with E-state index in [0.29, 0.717) is 0 Å². The van der Waals surface area contributed by atoms with Crippen LogP contribution < -0.4 is 0 Å². The normalized spacial score (nSPS) is 15.1. The van der Waals surface area contributed by atoms with E-state index < -0.39 is 16.9 Å². The molecular formula is C14H21ClO3. The van der Waals surface area contributed by atoms with E-state index in [9.17, 15) is 14.4 Å². The lowest BCUT2D eigenvalue weighted by Gasteiger charge is -2.13. The fourth-order valence-electron chi connectivity index (χ4n) is 1.45. The van der Waals surface area contributed by atoms with Crippen molar-refractivity contribution in [3.8, 4) is 0 Å². The molecule has 18 heavy (non-hydrogen) atoms.